The van der Waals surface area contributed by atoms with Crippen LogP contribution in [0, 0.1) is 24.2 Å². The van der Waals surface area contributed by atoms with Crippen molar-refractivity contribution in [3.63, 3.8) is 0 Å². The largest absolute Gasteiger partial charge is 0.466 e. The summed E-state index contributed by atoms with van der Waals surface area (Å²) in [6.07, 6.45) is 15.3. The minimum absolute atomic E-state index is 0.0825. The molecule has 236 valence electrons. The molecule has 10 heteroatoms. The lowest BCUT2D eigenvalue weighted by Gasteiger charge is -2.35. The molecule has 1 aromatic heterocycles. The van der Waals surface area contributed by atoms with Crippen LogP contribution >= 0.6 is 24.0 Å². The van der Waals surface area contributed by atoms with Crippen molar-refractivity contribution in [1.82, 2.24) is 9.47 Å². The Hall–Kier alpha value is -2.64. The zero-order chi connectivity index (χ0) is 31.4. The molecule has 0 unspecified atom stereocenters. The van der Waals surface area contributed by atoms with Crippen LogP contribution in [0.2, 0.25) is 0 Å². The molecule has 0 spiro atoms. The van der Waals surface area contributed by atoms with Gasteiger partial charge in [-0.15, -0.1) is 0 Å². The third-order valence-electron chi connectivity index (χ3n) is 8.46. The Morgan fingerprint density at radius 2 is 1.63 bits per heavy atom. The van der Waals surface area contributed by atoms with E-state index in [-0.39, 0.29) is 28.9 Å². The number of carbonyl (C=O) groups is 2. The van der Waals surface area contributed by atoms with Crippen LogP contribution in [0.4, 0.5) is 5.82 Å². The Kier molecular flexibility index (Phi) is 14.3. The van der Waals surface area contributed by atoms with Gasteiger partial charge in [0.05, 0.1) is 17.4 Å². The maximum atomic E-state index is 13.5. The van der Waals surface area contributed by atoms with Crippen molar-refractivity contribution < 1.29 is 14.3 Å². The minimum atomic E-state index is -0.337. The number of hydrogen-bond donors (Lipinski definition) is 0. The van der Waals surface area contributed by atoms with E-state index < -0.39 is 0 Å². The molecule has 2 saturated heterocycles. The molecule has 2 aliphatic rings. The fourth-order valence-electron chi connectivity index (χ4n) is 5.95. The van der Waals surface area contributed by atoms with Crippen molar-refractivity contribution in [2.75, 3.05) is 31.1 Å². The molecule has 0 aromatic carbocycles. The van der Waals surface area contributed by atoms with Gasteiger partial charge in [0.1, 0.15) is 21.8 Å². The molecular formula is C33H48N4O4S2. The molecule has 3 heterocycles. The fraction of sp³-hybridized carbons (Fsp3) is 0.667. The quantitative estimate of drug-likeness (QED) is 0.0840. The van der Waals surface area contributed by atoms with Gasteiger partial charge in [-0.2, -0.15) is 5.26 Å². The molecule has 2 aliphatic heterocycles. The molecule has 0 bridgehead atoms. The van der Waals surface area contributed by atoms with E-state index in [9.17, 15) is 19.6 Å². The van der Waals surface area contributed by atoms with E-state index in [0.29, 0.717) is 71.8 Å². The van der Waals surface area contributed by atoms with E-state index in [2.05, 4.69) is 17.9 Å². The summed E-state index contributed by atoms with van der Waals surface area (Å²) in [4.78, 5) is 43.5. The van der Waals surface area contributed by atoms with E-state index in [1.54, 1.807) is 23.3 Å². The highest BCUT2D eigenvalue weighted by Crippen LogP contribution is 2.37. The van der Waals surface area contributed by atoms with Crippen molar-refractivity contribution in [1.29, 1.82) is 5.26 Å². The van der Waals surface area contributed by atoms with Gasteiger partial charge in [0.25, 0.3) is 11.5 Å². The molecule has 0 aliphatic carbocycles. The topological polar surface area (TPSA) is 95.6 Å². The molecule has 2 fully saturated rings. The molecule has 1 amide bonds. The zero-order valence-electron chi connectivity index (χ0n) is 26.4. The zero-order valence-corrected chi connectivity index (χ0v) is 28.0. The number of hydrogen-bond acceptors (Lipinski definition) is 8. The highest BCUT2D eigenvalue weighted by Gasteiger charge is 2.34. The number of thioether (sulfide) groups is 1. The summed E-state index contributed by atoms with van der Waals surface area (Å²) in [6, 6.07) is 2.09. The summed E-state index contributed by atoms with van der Waals surface area (Å²) in [5.74, 6) is 0.205. The van der Waals surface area contributed by atoms with E-state index in [1.807, 2.05) is 13.0 Å². The molecule has 3 rings (SSSR count). The Morgan fingerprint density at radius 1 is 1.02 bits per heavy atom. The third-order valence-corrected chi connectivity index (χ3v) is 9.84. The number of anilines is 1. The SMILES string of the molecule is CCCCCCCCCCCCN1C(=O)/C(=C/c2c(C)c(C#N)c(=O)n(CC)c2N2CCC(C(=O)OCC)CC2)SC1=S. The number of rotatable bonds is 16. The van der Waals surface area contributed by atoms with E-state index in [0.717, 1.165) is 12.8 Å². The van der Waals surface area contributed by atoms with Gasteiger partial charge in [-0.1, -0.05) is 88.7 Å². The number of thiocarbonyl (C=S) groups is 1. The first-order valence-electron chi connectivity index (χ1n) is 16.1. The van der Waals surface area contributed by atoms with Gasteiger partial charge in [-0.05, 0) is 51.7 Å². The predicted molar refractivity (Wildman–Crippen MR) is 179 cm³/mol. The van der Waals surface area contributed by atoms with Gasteiger partial charge in [-0.25, -0.2) is 0 Å². The van der Waals surface area contributed by atoms with Crippen molar-refractivity contribution in [3.8, 4) is 6.07 Å². The maximum Gasteiger partial charge on any atom is 0.309 e. The van der Waals surface area contributed by atoms with Gasteiger partial charge in [0.2, 0.25) is 0 Å². The van der Waals surface area contributed by atoms with Gasteiger partial charge in [-0.3, -0.25) is 23.9 Å². The van der Waals surface area contributed by atoms with Gasteiger partial charge < -0.3 is 9.64 Å². The number of nitriles is 1. The van der Waals surface area contributed by atoms with Gasteiger partial charge in [0.15, 0.2) is 0 Å². The van der Waals surface area contributed by atoms with E-state index in [4.69, 9.17) is 17.0 Å². The first-order chi connectivity index (χ1) is 20.8. The number of ether oxygens (including phenoxy) is 1. The number of aromatic nitrogens is 1. The summed E-state index contributed by atoms with van der Waals surface area (Å²) in [6.45, 7) is 10.1. The Morgan fingerprint density at radius 3 is 2.19 bits per heavy atom. The molecule has 0 saturated carbocycles. The van der Waals surface area contributed by atoms with Crippen LogP contribution in [-0.4, -0.2) is 51.9 Å². The number of piperidine rings is 1. The lowest BCUT2D eigenvalue weighted by atomic mass is 9.95. The van der Waals surface area contributed by atoms with Crippen LogP contribution in [0.25, 0.3) is 6.08 Å². The number of nitrogens with zero attached hydrogens (tertiary/aromatic N) is 4. The van der Waals surface area contributed by atoms with Crippen LogP contribution in [0.3, 0.4) is 0 Å². The smallest absolute Gasteiger partial charge is 0.309 e. The van der Waals surface area contributed by atoms with Gasteiger partial charge in [0, 0.05) is 31.7 Å². The average Bonchev–Trinajstić information content (AvgIpc) is 3.27. The Bertz CT molecular complexity index is 1270. The summed E-state index contributed by atoms with van der Waals surface area (Å²) >= 11 is 6.90. The highest BCUT2D eigenvalue weighted by atomic mass is 32.2. The minimum Gasteiger partial charge on any atom is -0.466 e. The van der Waals surface area contributed by atoms with Crippen LogP contribution in [0.1, 0.15) is 115 Å². The molecule has 0 radical (unpaired) electrons. The number of pyridine rings is 1. The third kappa shape index (κ3) is 8.95. The van der Waals surface area contributed by atoms with Crippen LogP contribution in [0.5, 0.6) is 0 Å². The summed E-state index contributed by atoms with van der Waals surface area (Å²) in [7, 11) is 0. The number of unbranched alkanes of at least 4 members (excludes halogenated alkanes) is 9. The summed E-state index contributed by atoms with van der Waals surface area (Å²) in [5, 5.41) is 9.86. The van der Waals surface area contributed by atoms with Crippen molar-refractivity contribution in [3.05, 3.63) is 31.9 Å². The maximum absolute atomic E-state index is 13.5. The number of amides is 1. The number of carbonyl (C=O) groups excluding carboxylic acids is 2. The summed E-state index contributed by atoms with van der Waals surface area (Å²) in [5.41, 5.74) is 0.987. The lowest BCUT2D eigenvalue weighted by molar-refractivity contribution is -0.148. The van der Waals surface area contributed by atoms with E-state index in [1.165, 1.54) is 63.1 Å². The second-order valence-corrected chi connectivity index (χ2v) is 13.1. The molecular weight excluding hydrogens is 581 g/mol. The molecule has 1 aromatic rings. The summed E-state index contributed by atoms with van der Waals surface area (Å²) < 4.78 is 7.40. The second kappa shape index (κ2) is 17.6. The predicted octanol–water partition coefficient (Wildman–Crippen LogP) is 6.95. The molecule has 0 atom stereocenters. The molecule has 8 nitrogen and oxygen atoms in total. The highest BCUT2D eigenvalue weighted by molar-refractivity contribution is 8.26. The van der Waals surface area contributed by atoms with Crippen LogP contribution < -0.4 is 10.5 Å². The van der Waals surface area contributed by atoms with Crippen molar-refractivity contribution in [2.24, 2.45) is 5.92 Å². The monoisotopic (exact) mass is 628 g/mol. The Balaban J connectivity index is 1.75. The number of esters is 1. The van der Waals surface area contributed by atoms with Crippen molar-refractivity contribution in [2.45, 2.75) is 111 Å². The first kappa shape index (κ1) is 34.8. The van der Waals surface area contributed by atoms with Crippen molar-refractivity contribution >= 4 is 52.1 Å². The van der Waals surface area contributed by atoms with Crippen LogP contribution in [-0.2, 0) is 20.9 Å². The molecule has 43 heavy (non-hydrogen) atoms. The lowest BCUT2D eigenvalue weighted by Crippen LogP contribution is -2.41. The Labute approximate surface area is 266 Å². The second-order valence-electron chi connectivity index (χ2n) is 11.4. The molecule has 0 N–H and O–H groups in total. The normalized spacial score (nSPS) is 16.8. The van der Waals surface area contributed by atoms with E-state index >= 15 is 0 Å². The van der Waals surface area contributed by atoms with Crippen LogP contribution in [0.15, 0.2) is 9.70 Å². The van der Waals surface area contributed by atoms with Gasteiger partial charge >= 0.3 is 5.97 Å². The fourth-order valence-corrected chi connectivity index (χ4v) is 7.24. The standard InChI is InChI=1S/C33H48N4O4S2/c1-5-8-9-10-11-12-13-14-15-16-19-37-31(39)28(43-33(37)42)22-26-24(4)27(23-34)30(38)36(6-2)29(26)35-20-17-25(18-21-35)32(40)41-7-3/h22,25H,5-21H2,1-4H3/b28-22-. The average molecular weight is 629 g/mol. The first-order valence-corrected chi connectivity index (χ1v) is 17.4.